The van der Waals surface area contributed by atoms with E-state index in [1.54, 1.807) is 7.11 Å². The number of rotatable bonds is 4. The maximum absolute atomic E-state index is 5.53. The topological polar surface area (TPSA) is 37.4 Å². The largest absolute Gasteiger partial charge is 0.496 e. The van der Waals surface area contributed by atoms with E-state index in [-0.39, 0.29) is 0 Å². The zero-order valence-electron chi connectivity index (χ0n) is 12.3. The van der Waals surface area contributed by atoms with Crippen molar-refractivity contribution in [3.05, 3.63) is 59.9 Å². The number of aromatic nitrogens is 1. The molecule has 0 bridgehead atoms. The number of nitrogens with one attached hydrogen (secondary N) is 1. The first-order valence-electron chi connectivity index (χ1n) is 7.35. The summed E-state index contributed by atoms with van der Waals surface area (Å²) in [6.07, 6.45) is 3.71. The van der Waals surface area contributed by atoms with Crippen LogP contribution in [-0.4, -0.2) is 36.6 Å². The van der Waals surface area contributed by atoms with E-state index in [1.807, 2.05) is 24.5 Å². The van der Waals surface area contributed by atoms with Gasteiger partial charge in [0.2, 0.25) is 0 Å². The molecule has 0 aliphatic carbocycles. The van der Waals surface area contributed by atoms with Gasteiger partial charge in [0.15, 0.2) is 0 Å². The van der Waals surface area contributed by atoms with E-state index in [2.05, 4.69) is 39.5 Å². The lowest BCUT2D eigenvalue weighted by Crippen LogP contribution is -2.45. The number of para-hydroxylation sites is 1. The van der Waals surface area contributed by atoms with E-state index in [4.69, 9.17) is 4.74 Å². The molecule has 4 nitrogen and oxygen atoms in total. The van der Waals surface area contributed by atoms with E-state index in [0.29, 0.717) is 6.04 Å². The van der Waals surface area contributed by atoms with Gasteiger partial charge in [-0.05, 0) is 23.8 Å². The van der Waals surface area contributed by atoms with E-state index in [0.717, 1.165) is 31.9 Å². The van der Waals surface area contributed by atoms with Crippen LogP contribution in [0.4, 0.5) is 0 Å². The summed E-state index contributed by atoms with van der Waals surface area (Å²) in [4.78, 5) is 6.60. The summed E-state index contributed by atoms with van der Waals surface area (Å²) in [5, 5.41) is 3.49. The number of ether oxygens (including phenoxy) is 1. The van der Waals surface area contributed by atoms with Crippen LogP contribution in [0.5, 0.6) is 5.75 Å². The first-order chi connectivity index (χ1) is 10.4. The standard InChI is InChI=1S/C17H21N3O/c1-21-17-5-3-2-4-15(17)16-12-19-10-11-20(16)13-14-6-8-18-9-7-14/h2-9,16,19H,10-13H2,1H3. The van der Waals surface area contributed by atoms with E-state index >= 15 is 0 Å². The van der Waals surface area contributed by atoms with Crippen molar-refractivity contribution < 1.29 is 4.74 Å². The third-order valence-corrected chi connectivity index (χ3v) is 3.99. The van der Waals surface area contributed by atoms with Gasteiger partial charge in [0.05, 0.1) is 13.2 Å². The molecule has 1 aliphatic heterocycles. The molecule has 1 unspecified atom stereocenters. The molecule has 1 aromatic carbocycles. The Morgan fingerprint density at radius 2 is 2.05 bits per heavy atom. The van der Waals surface area contributed by atoms with Crippen LogP contribution < -0.4 is 10.1 Å². The Morgan fingerprint density at radius 1 is 1.24 bits per heavy atom. The molecule has 1 saturated heterocycles. The monoisotopic (exact) mass is 283 g/mol. The number of hydrogen-bond donors (Lipinski definition) is 1. The van der Waals surface area contributed by atoms with Gasteiger partial charge in [-0.3, -0.25) is 9.88 Å². The fourth-order valence-electron chi connectivity index (χ4n) is 2.91. The molecule has 0 radical (unpaired) electrons. The SMILES string of the molecule is COc1ccccc1C1CNCCN1Cc1ccncc1. The predicted molar refractivity (Wildman–Crippen MR) is 83.3 cm³/mol. The van der Waals surface area contributed by atoms with Crippen LogP contribution in [0.2, 0.25) is 0 Å². The molecule has 3 rings (SSSR count). The number of hydrogen-bond acceptors (Lipinski definition) is 4. The molecule has 2 heterocycles. The molecule has 110 valence electrons. The number of nitrogens with zero attached hydrogens (tertiary/aromatic N) is 2. The second-order valence-corrected chi connectivity index (χ2v) is 5.29. The molecule has 0 saturated carbocycles. The van der Waals surface area contributed by atoms with Crippen molar-refractivity contribution in [2.24, 2.45) is 0 Å². The molecule has 0 amide bonds. The van der Waals surface area contributed by atoms with E-state index in [1.165, 1.54) is 11.1 Å². The summed E-state index contributed by atoms with van der Waals surface area (Å²) < 4.78 is 5.53. The Morgan fingerprint density at radius 3 is 2.86 bits per heavy atom. The fourth-order valence-corrected chi connectivity index (χ4v) is 2.91. The van der Waals surface area contributed by atoms with Crippen molar-refractivity contribution in [2.45, 2.75) is 12.6 Å². The molecular formula is C17H21N3O. The van der Waals surface area contributed by atoms with Crippen molar-refractivity contribution in [1.82, 2.24) is 15.2 Å². The third-order valence-electron chi connectivity index (χ3n) is 3.99. The molecule has 1 fully saturated rings. The highest BCUT2D eigenvalue weighted by molar-refractivity contribution is 5.36. The Labute approximate surface area is 125 Å². The Kier molecular flexibility index (Phi) is 4.48. The van der Waals surface area contributed by atoms with Gasteiger partial charge >= 0.3 is 0 Å². The zero-order valence-corrected chi connectivity index (χ0v) is 12.3. The van der Waals surface area contributed by atoms with Crippen LogP contribution in [0, 0.1) is 0 Å². The van der Waals surface area contributed by atoms with Crippen LogP contribution in [0.1, 0.15) is 17.2 Å². The van der Waals surface area contributed by atoms with Crippen LogP contribution in [0.15, 0.2) is 48.8 Å². The van der Waals surface area contributed by atoms with Crippen molar-refractivity contribution in [2.75, 3.05) is 26.7 Å². The third kappa shape index (κ3) is 3.23. The second-order valence-electron chi connectivity index (χ2n) is 5.29. The van der Waals surface area contributed by atoms with Gasteiger partial charge in [0.1, 0.15) is 5.75 Å². The highest BCUT2D eigenvalue weighted by Gasteiger charge is 2.25. The maximum atomic E-state index is 5.53. The van der Waals surface area contributed by atoms with Crippen LogP contribution in [0.25, 0.3) is 0 Å². The highest BCUT2D eigenvalue weighted by atomic mass is 16.5. The molecule has 4 heteroatoms. The lowest BCUT2D eigenvalue weighted by atomic mass is 10.0. The maximum Gasteiger partial charge on any atom is 0.123 e. The first-order valence-corrected chi connectivity index (χ1v) is 7.35. The summed E-state index contributed by atoms with van der Waals surface area (Å²) in [5.74, 6) is 0.964. The minimum atomic E-state index is 0.336. The van der Waals surface area contributed by atoms with Gasteiger partial charge in [-0.2, -0.15) is 0 Å². The predicted octanol–water partition coefficient (Wildman–Crippen LogP) is 2.24. The summed E-state index contributed by atoms with van der Waals surface area (Å²) in [6.45, 7) is 3.94. The normalized spacial score (nSPS) is 19.4. The molecule has 1 aromatic heterocycles. The van der Waals surface area contributed by atoms with Gasteiger partial charge in [0, 0.05) is 44.1 Å². The zero-order chi connectivity index (χ0) is 14.5. The number of piperazine rings is 1. The number of pyridine rings is 1. The average molecular weight is 283 g/mol. The number of methoxy groups -OCH3 is 1. The number of benzene rings is 1. The second kappa shape index (κ2) is 6.70. The Balaban J connectivity index is 1.84. The lowest BCUT2D eigenvalue weighted by Gasteiger charge is -2.37. The van der Waals surface area contributed by atoms with Crippen molar-refractivity contribution in [1.29, 1.82) is 0 Å². The minimum Gasteiger partial charge on any atom is -0.496 e. The molecule has 1 aliphatic rings. The van der Waals surface area contributed by atoms with E-state index < -0.39 is 0 Å². The molecule has 1 atom stereocenters. The summed E-state index contributed by atoms with van der Waals surface area (Å²) in [6, 6.07) is 12.8. The highest BCUT2D eigenvalue weighted by Crippen LogP contribution is 2.30. The smallest absolute Gasteiger partial charge is 0.123 e. The summed E-state index contributed by atoms with van der Waals surface area (Å²) >= 11 is 0. The van der Waals surface area contributed by atoms with Gasteiger partial charge in [-0.15, -0.1) is 0 Å². The first kappa shape index (κ1) is 14.0. The summed E-state index contributed by atoms with van der Waals surface area (Å²) in [7, 11) is 1.74. The van der Waals surface area contributed by atoms with Crippen LogP contribution >= 0.6 is 0 Å². The molecule has 21 heavy (non-hydrogen) atoms. The Hall–Kier alpha value is -1.91. The van der Waals surface area contributed by atoms with Gasteiger partial charge in [-0.1, -0.05) is 18.2 Å². The molecule has 1 N–H and O–H groups in total. The quantitative estimate of drug-likeness (QED) is 0.934. The van der Waals surface area contributed by atoms with E-state index in [9.17, 15) is 0 Å². The fraction of sp³-hybridized carbons (Fsp3) is 0.353. The lowest BCUT2D eigenvalue weighted by molar-refractivity contribution is 0.151. The summed E-state index contributed by atoms with van der Waals surface area (Å²) in [5.41, 5.74) is 2.55. The van der Waals surface area contributed by atoms with Crippen molar-refractivity contribution in [3.8, 4) is 5.75 Å². The minimum absolute atomic E-state index is 0.336. The van der Waals surface area contributed by atoms with Gasteiger partial charge < -0.3 is 10.1 Å². The molecule has 0 spiro atoms. The molecule has 2 aromatic rings. The average Bonchev–Trinajstić information content (AvgIpc) is 2.56. The van der Waals surface area contributed by atoms with Gasteiger partial charge in [-0.25, -0.2) is 0 Å². The Bertz CT molecular complexity index is 573. The van der Waals surface area contributed by atoms with Crippen molar-refractivity contribution >= 4 is 0 Å². The van der Waals surface area contributed by atoms with Gasteiger partial charge in [0.25, 0.3) is 0 Å². The van der Waals surface area contributed by atoms with Crippen LogP contribution in [-0.2, 0) is 6.54 Å². The molecular weight excluding hydrogens is 262 g/mol. The van der Waals surface area contributed by atoms with Crippen LogP contribution in [0.3, 0.4) is 0 Å². The van der Waals surface area contributed by atoms with Crippen molar-refractivity contribution in [3.63, 3.8) is 0 Å².